The summed E-state index contributed by atoms with van der Waals surface area (Å²) < 4.78 is 0. The Labute approximate surface area is 136 Å². The lowest BCUT2D eigenvalue weighted by Gasteiger charge is -2.11. The molecule has 0 aromatic heterocycles. The van der Waals surface area contributed by atoms with Crippen LogP contribution in [-0.2, 0) is 11.2 Å². The summed E-state index contributed by atoms with van der Waals surface area (Å²) in [6.07, 6.45) is 2.00. The lowest BCUT2D eigenvalue weighted by molar-refractivity contribution is -0.116. The third-order valence-corrected chi connectivity index (χ3v) is 3.46. The van der Waals surface area contributed by atoms with E-state index in [4.69, 9.17) is 0 Å². The highest BCUT2D eigenvalue weighted by molar-refractivity contribution is 6.03. The van der Waals surface area contributed by atoms with Gasteiger partial charge < -0.3 is 10.6 Å². The van der Waals surface area contributed by atoms with Crippen molar-refractivity contribution in [3.05, 3.63) is 65.7 Å². The smallest absolute Gasteiger partial charge is 0.253 e. The van der Waals surface area contributed by atoms with Gasteiger partial charge in [-0.3, -0.25) is 9.59 Å². The molecule has 0 radical (unpaired) electrons. The maximum atomic E-state index is 12.3. The van der Waals surface area contributed by atoms with Crippen LogP contribution < -0.4 is 10.6 Å². The highest BCUT2D eigenvalue weighted by atomic mass is 16.2. The summed E-state index contributed by atoms with van der Waals surface area (Å²) in [6.45, 7) is 2.50. The first-order valence-electron chi connectivity index (χ1n) is 7.91. The fraction of sp³-hybridized carbons (Fsp3) is 0.263. The van der Waals surface area contributed by atoms with Crippen LogP contribution in [0.1, 0.15) is 35.7 Å². The number of anilines is 1. The Morgan fingerprint density at radius 2 is 1.65 bits per heavy atom. The normalized spacial score (nSPS) is 10.1. The molecule has 0 unspecified atom stereocenters. The molecular weight excluding hydrogens is 288 g/mol. The molecule has 2 N–H and O–H groups in total. The van der Waals surface area contributed by atoms with Gasteiger partial charge in [0.25, 0.3) is 5.91 Å². The van der Waals surface area contributed by atoms with Crippen molar-refractivity contribution in [3.63, 3.8) is 0 Å². The van der Waals surface area contributed by atoms with Gasteiger partial charge in [-0.1, -0.05) is 49.4 Å². The van der Waals surface area contributed by atoms with Gasteiger partial charge in [-0.05, 0) is 30.5 Å². The van der Waals surface area contributed by atoms with Crippen molar-refractivity contribution < 1.29 is 9.59 Å². The van der Waals surface area contributed by atoms with Gasteiger partial charge in [-0.15, -0.1) is 0 Å². The van der Waals surface area contributed by atoms with Gasteiger partial charge in [0, 0.05) is 13.0 Å². The molecule has 0 aliphatic rings. The SMILES string of the molecule is CCCC(=O)Nc1ccccc1C(=O)NCCc1ccccc1. The molecule has 4 heteroatoms. The molecule has 0 saturated carbocycles. The van der Waals surface area contributed by atoms with Gasteiger partial charge in [0.15, 0.2) is 0 Å². The standard InChI is InChI=1S/C19H22N2O2/c1-2-8-18(22)21-17-12-7-6-11-16(17)19(23)20-14-13-15-9-4-3-5-10-15/h3-7,9-12H,2,8,13-14H2,1H3,(H,20,23)(H,21,22). The zero-order valence-corrected chi connectivity index (χ0v) is 13.3. The lowest BCUT2D eigenvalue weighted by atomic mass is 10.1. The summed E-state index contributed by atoms with van der Waals surface area (Å²) in [7, 11) is 0. The van der Waals surface area contributed by atoms with E-state index in [1.54, 1.807) is 18.2 Å². The maximum absolute atomic E-state index is 12.3. The molecular formula is C19H22N2O2. The van der Waals surface area contributed by atoms with Crippen molar-refractivity contribution >= 4 is 17.5 Å². The first-order valence-corrected chi connectivity index (χ1v) is 7.91. The monoisotopic (exact) mass is 310 g/mol. The number of carbonyl (C=O) groups excluding carboxylic acids is 2. The quantitative estimate of drug-likeness (QED) is 0.823. The molecule has 0 bridgehead atoms. The number of para-hydroxylation sites is 1. The summed E-state index contributed by atoms with van der Waals surface area (Å²) >= 11 is 0. The van der Waals surface area contributed by atoms with Gasteiger partial charge in [-0.25, -0.2) is 0 Å². The highest BCUT2D eigenvalue weighted by Gasteiger charge is 2.12. The molecule has 2 rings (SSSR count). The minimum atomic E-state index is -0.173. The minimum Gasteiger partial charge on any atom is -0.352 e. The summed E-state index contributed by atoms with van der Waals surface area (Å²) in [5.74, 6) is -0.245. The third kappa shape index (κ3) is 5.25. The van der Waals surface area contributed by atoms with Crippen LogP contribution in [0.4, 0.5) is 5.69 Å². The molecule has 120 valence electrons. The molecule has 23 heavy (non-hydrogen) atoms. The van der Waals surface area contributed by atoms with Gasteiger partial charge in [-0.2, -0.15) is 0 Å². The molecule has 2 aromatic rings. The van der Waals surface area contributed by atoms with E-state index in [-0.39, 0.29) is 11.8 Å². The molecule has 2 amide bonds. The summed E-state index contributed by atoms with van der Waals surface area (Å²) in [5, 5.41) is 5.70. The van der Waals surface area contributed by atoms with Crippen molar-refractivity contribution in [3.8, 4) is 0 Å². The van der Waals surface area contributed by atoms with Crippen LogP contribution in [0.25, 0.3) is 0 Å². The van der Waals surface area contributed by atoms with Gasteiger partial charge >= 0.3 is 0 Å². The van der Waals surface area contributed by atoms with Crippen LogP contribution in [0.2, 0.25) is 0 Å². The number of nitrogens with one attached hydrogen (secondary N) is 2. The average Bonchev–Trinajstić information content (AvgIpc) is 2.56. The Morgan fingerprint density at radius 3 is 2.39 bits per heavy atom. The van der Waals surface area contributed by atoms with Crippen LogP contribution in [0.5, 0.6) is 0 Å². The van der Waals surface area contributed by atoms with E-state index in [0.29, 0.717) is 24.2 Å². The van der Waals surface area contributed by atoms with Crippen LogP contribution in [-0.4, -0.2) is 18.4 Å². The van der Waals surface area contributed by atoms with Crippen molar-refractivity contribution in [1.29, 1.82) is 0 Å². The molecule has 4 nitrogen and oxygen atoms in total. The summed E-state index contributed by atoms with van der Waals surface area (Å²) in [4.78, 5) is 24.1. The predicted molar refractivity (Wildman–Crippen MR) is 92.5 cm³/mol. The molecule has 0 heterocycles. The van der Waals surface area contributed by atoms with E-state index in [1.807, 2.05) is 43.3 Å². The first-order chi connectivity index (χ1) is 11.2. The molecule has 2 aromatic carbocycles. The van der Waals surface area contributed by atoms with Crippen molar-refractivity contribution in [2.24, 2.45) is 0 Å². The van der Waals surface area contributed by atoms with E-state index in [0.717, 1.165) is 12.8 Å². The third-order valence-electron chi connectivity index (χ3n) is 3.46. The topological polar surface area (TPSA) is 58.2 Å². The molecule has 0 saturated heterocycles. The number of hydrogen-bond donors (Lipinski definition) is 2. The number of hydrogen-bond acceptors (Lipinski definition) is 2. The van der Waals surface area contributed by atoms with Gasteiger partial charge in [0.2, 0.25) is 5.91 Å². The molecule has 0 spiro atoms. The van der Waals surface area contributed by atoms with Gasteiger partial charge in [0.1, 0.15) is 0 Å². The zero-order valence-electron chi connectivity index (χ0n) is 13.3. The second-order valence-corrected chi connectivity index (χ2v) is 5.34. The zero-order chi connectivity index (χ0) is 16.5. The van der Waals surface area contributed by atoms with Crippen LogP contribution in [0, 0.1) is 0 Å². The molecule has 0 fully saturated rings. The number of amides is 2. The fourth-order valence-electron chi connectivity index (χ4n) is 2.29. The molecule has 0 atom stereocenters. The average molecular weight is 310 g/mol. The Kier molecular flexibility index (Phi) is 6.36. The Hall–Kier alpha value is -2.62. The largest absolute Gasteiger partial charge is 0.352 e. The molecule has 0 aliphatic heterocycles. The van der Waals surface area contributed by atoms with Crippen LogP contribution in [0.3, 0.4) is 0 Å². The fourth-order valence-corrected chi connectivity index (χ4v) is 2.29. The van der Waals surface area contributed by atoms with Crippen LogP contribution >= 0.6 is 0 Å². The number of benzene rings is 2. The maximum Gasteiger partial charge on any atom is 0.253 e. The summed E-state index contributed by atoms with van der Waals surface area (Å²) in [6, 6.07) is 17.1. The first kappa shape index (κ1) is 16.7. The number of carbonyl (C=O) groups is 2. The van der Waals surface area contributed by atoms with E-state index in [9.17, 15) is 9.59 Å². The summed E-state index contributed by atoms with van der Waals surface area (Å²) in [5.41, 5.74) is 2.23. The Morgan fingerprint density at radius 1 is 0.957 bits per heavy atom. The minimum absolute atomic E-state index is 0.0722. The second-order valence-electron chi connectivity index (χ2n) is 5.34. The highest BCUT2D eigenvalue weighted by Crippen LogP contribution is 2.15. The Balaban J connectivity index is 1.95. The lowest BCUT2D eigenvalue weighted by Crippen LogP contribution is -2.27. The van der Waals surface area contributed by atoms with Crippen molar-refractivity contribution in [2.45, 2.75) is 26.2 Å². The second kappa shape index (κ2) is 8.73. The number of rotatable bonds is 7. The van der Waals surface area contributed by atoms with E-state index in [2.05, 4.69) is 10.6 Å². The van der Waals surface area contributed by atoms with Crippen molar-refractivity contribution in [1.82, 2.24) is 5.32 Å². The van der Waals surface area contributed by atoms with Crippen molar-refractivity contribution in [2.75, 3.05) is 11.9 Å². The predicted octanol–water partition coefficient (Wildman–Crippen LogP) is 3.40. The Bertz CT molecular complexity index is 653. The van der Waals surface area contributed by atoms with Gasteiger partial charge in [0.05, 0.1) is 11.3 Å². The molecule has 0 aliphatic carbocycles. The van der Waals surface area contributed by atoms with E-state index >= 15 is 0 Å². The van der Waals surface area contributed by atoms with E-state index < -0.39 is 0 Å². The van der Waals surface area contributed by atoms with Crippen LogP contribution in [0.15, 0.2) is 54.6 Å². The van der Waals surface area contributed by atoms with E-state index in [1.165, 1.54) is 5.56 Å².